The van der Waals surface area contributed by atoms with Crippen molar-refractivity contribution in [3.05, 3.63) is 22.5 Å². The number of nitrogens with one attached hydrogen (secondary N) is 2. The number of ether oxygens (including phenoxy) is 1. The van der Waals surface area contributed by atoms with E-state index < -0.39 is 5.97 Å². The molecule has 0 unspecified atom stereocenters. The van der Waals surface area contributed by atoms with Crippen LogP contribution in [0.15, 0.2) is 0 Å². The summed E-state index contributed by atoms with van der Waals surface area (Å²) in [5, 5.41) is 2.86. The first-order valence-electron chi connectivity index (χ1n) is 6.00. The van der Waals surface area contributed by atoms with E-state index in [4.69, 9.17) is 4.74 Å². The number of rotatable bonds is 4. The highest BCUT2D eigenvalue weighted by Crippen LogP contribution is 2.18. The molecule has 1 rings (SSSR count). The Balaban J connectivity index is 3.05. The minimum atomic E-state index is -0.427. The molecule has 0 spiro atoms. The van der Waals surface area contributed by atoms with Crippen LogP contribution in [0.25, 0.3) is 0 Å². The molecule has 1 aromatic rings. The van der Waals surface area contributed by atoms with E-state index >= 15 is 0 Å². The maximum Gasteiger partial charge on any atom is 0.339 e. The number of hydrogen-bond acceptors (Lipinski definition) is 3. The number of methoxy groups -OCH3 is 1. The quantitative estimate of drug-likeness (QED) is 0.804. The van der Waals surface area contributed by atoms with Crippen molar-refractivity contribution in [2.45, 2.75) is 40.2 Å². The van der Waals surface area contributed by atoms with E-state index in [9.17, 15) is 9.59 Å². The number of H-pyrrole nitrogens is 1. The van der Waals surface area contributed by atoms with Crippen LogP contribution >= 0.6 is 0 Å². The van der Waals surface area contributed by atoms with Crippen molar-refractivity contribution < 1.29 is 14.3 Å². The Morgan fingerprint density at radius 2 is 2.00 bits per heavy atom. The van der Waals surface area contributed by atoms with E-state index in [0.717, 1.165) is 6.42 Å². The Hall–Kier alpha value is -1.78. The molecule has 1 amide bonds. The van der Waals surface area contributed by atoms with E-state index in [1.807, 2.05) is 13.8 Å². The smallest absolute Gasteiger partial charge is 0.339 e. The van der Waals surface area contributed by atoms with Crippen molar-refractivity contribution in [1.29, 1.82) is 0 Å². The summed E-state index contributed by atoms with van der Waals surface area (Å²) < 4.78 is 4.70. The van der Waals surface area contributed by atoms with Crippen molar-refractivity contribution in [1.82, 2.24) is 10.3 Å². The van der Waals surface area contributed by atoms with Gasteiger partial charge < -0.3 is 15.0 Å². The number of aromatic amines is 1. The molecular formula is C13H20N2O3. The summed E-state index contributed by atoms with van der Waals surface area (Å²) >= 11 is 0. The van der Waals surface area contributed by atoms with Gasteiger partial charge in [-0.25, -0.2) is 4.79 Å². The van der Waals surface area contributed by atoms with Crippen LogP contribution in [0.1, 0.15) is 52.4 Å². The molecule has 5 heteroatoms. The molecule has 0 saturated carbocycles. The first-order chi connectivity index (χ1) is 8.42. The second-order valence-corrected chi connectivity index (χ2v) is 4.40. The standard InChI is InChI=1S/C13H20N2O3/c1-6-7(2)14-12(16)11-8(3)10(9(4)15-11)13(17)18-5/h7,15H,6H2,1-5H3,(H,14,16)/t7-/m0/s1. The molecule has 0 aliphatic rings. The van der Waals surface area contributed by atoms with Gasteiger partial charge in [0.05, 0.1) is 12.7 Å². The molecule has 0 radical (unpaired) electrons. The fourth-order valence-electron chi connectivity index (χ4n) is 1.78. The SMILES string of the molecule is CC[C@H](C)NC(=O)c1[nH]c(C)c(C(=O)OC)c1C. The first-order valence-corrected chi connectivity index (χ1v) is 6.00. The number of aryl methyl sites for hydroxylation is 1. The summed E-state index contributed by atoms with van der Waals surface area (Å²) in [5.41, 5.74) is 2.13. The van der Waals surface area contributed by atoms with Crippen molar-refractivity contribution in [2.24, 2.45) is 0 Å². The van der Waals surface area contributed by atoms with Crippen LogP contribution in [0, 0.1) is 13.8 Å². The fourth-order valence-corrected chi connectivity index (χ4v) is 1.78. The summed E-state index contributed by atoms with van der Waals surface area (Å²) in [5.74, 6) is -0.621. The predicted octanol–water partition coefficient (Wildman–Crippen LogP) is 1.95. The first kappa shape index (κ1) is 14.3. The van der Waals surface area contributed by atoms with Gasteiger partial charge in [0, 0.05) is 11.7 Å². The molecule has 18 heavy (non-hydrogen) atoms. The maximum atomic E-state index is 12.0. The zero-order chi connectivity index (χ0) is 13.9. The topological polar surface area (TPSA) is 71.2 Å². The Labute approximate surface area is 107 Å². The number of esters is 1. The van der Waals surface area contributed by atoms with Gasteiger partial charge in [-0.1, -0.05) is 6.92 Å². The van der Waals surface area contributed by atoms with Crippen LogP contribution in [-0.2, 0) is 4.74 Å². The fraction of sp³-hybridized carbons (Fsp3) is 0.538. The van der Waals surface area contributed by atoms with E-state index in [2.05, 4.69) is 10.3 Å². The van der Waals surface area contributed by atoms with E-state index in [-0.39, 0.29) is 11.9 Å². The minimum absolute atomic E-state index is 0.0992. The number of carbonyl (C=O) groups excluding carboxylic acids is 2. The van der Waals surface area contributed by atoms with Crippen LogP contribution in [0.3, 0.4) is 0 Å². The largest absolute Gasteiger partial charge is 0.465 e. The molecule has 5 nitrogen and oxygen atoms in total. The van der Waals surface area contributed by atoms with Gasteiger partial charge in [0.25, 0.3) is 5.91 Å². The minimum Gasteiger partial charge on any atom is -0.465 e. The Morgan fingerprint density at radius 1 is 1.39 bits per heavy atom. The second kappa shape index (κ2) is 5.71. The van der Waals surface area contributed by atoms with Gasteiger partial charge in [-0.05, 0) is 32.8 Å². The van der Waals surface area contributed by atoms with Gasteiger partial charge in [-0.3, -0.25) is 4.79 Å². The molecule has 0 saturated heterocycles. The molecule has 0 fully saturated rings. The number of amides is 1. The molecule has 1 heterocycles. The highest BCUT2D eigenvalue weighted by molar-refractivity contribution is 6.00. The molecule has 0 aliphatic carbocycles. The normalized spacial score (nSPS) is 12.1. The summed E-state index contributed by atoms with van der Waals surface area (Å²) in [6.45, 7) is 7.42. The van der Waals surface area contributed by atoms with Crippen molar-refractivity contribution in [3.63, 3.8) is 0 Å². The molecule has 0 aliphatic heterocycles. The summed E-state index contributed by atoms with van der Waals surface area (Å²) in [4.78, 5) is 26.6. The number of carbonyl (C=O) groups is 2. The maximum absolute atomic E-state index is 12.0. The highest BCUT2D eigenvalue weighted by atomic mass is 16.5. The Morgan fingerprint density at radius 3 is 2.50 bits per heavy atom. The molecule has 1 aromatic heterocycles. The molecule has 1 atom stereocenters. The molecular weight excluding hydrogens is 232 g/mol. The summed E-state index contributed by atoms with van der Waals surface area (Å²) in [6, 6.07) is 0.0992. The Bertz CT molecular complexity index is 463. The average Bonchev–Trinajstić information content (AvgIpc) is 2.63. The van der Waals surface area contributed by atoms with E-state index in [1.165, 1.54) is 7.11 Å². The van der Waals surface area contributed by atoms with Crippen LogP contribution in [0.4, 0.5) is 0 Å². The van der Waals surface area contributed by atoms with Gasteiger partial charge in [-0.2, -0.15) is 0 Å². The van der Waals surface area contributed by atoms with Gasteiger partial charge in [0.15, 0.2) is 0 Å². The third kappa shape index (κ3) is 2.72. The molecule has 0 bridgehead atoms. The van der Waals surface area contributed by atoms with Gasteiger partial charge in [0.2, 0.25) is 0 Å². The van der Waals surface area contributed by atoms with Crippen LogP contribution in [0.2, 0.25) is 0 Å². The van der Waals surface area contributed by atoms with Crippen LogP contribution < -0.4 is 5.32 Å². The number of hydrogen-bond donors (Lipinski definition) is 2. The summed E-state index contributed by atoms with van der Waals surface area (Å²) in [6.07, 6.45) is 0.855. The van der Waals surface area contributed by atoms with Crippen LogP contribution in [-0.4, -0.2) is 30.0 Å². The molecule has 2 N–H and O–H groups in total. The van der Waals surface area contributed by atoms with Gasteiger partial charge in [-0.15, -0.1) is 0 Å². The van der Waals surface area contributed by atoms with Gasteiger partial charge >= 0.3 is 5.97 Å². The second-order valence-electron chi connectivity index (χ2n) is 4.40. The lowest BCUT2D eigenvalue weighted by Crippen LogP contribution is -2.32. The Kier molecular flexibility index (Phi) is 4.53. The van der Waals surface area contributed by atoms with E-state index in [0.29, 0.717) is 22.5 Å². The lowest BCUT2D eigenvalue weighted by atomic mass is 10.1. The van der Waals surface area contributed by atoms with Crippen molar-refractivity contribution in [3.8, 4) is 0 Å². The summed E-state index contributed by atoms with van der Waals surface area (Å²) in [7, 11) is 1.33. The number of aromatic nitrogens is 1. The highest BCUT2D eigenvalue weighted by Gasteiger charge is 2.22. The third-order valence-electron chi connectivity index (χ3n) is 3.04. The predicted molar refractivity (Wildman–Crippen MR) is 68.8 cm³/mol. The molecule has 0 aromatic carbocycles. The lowest BCUT2D eigenvalue weighted by molar-refractivity contribution is 0.0599. The van der Waals surface area contributed by atoms with E-state index in [1.54, 1.807) is 13.8 Å². The third-order valence-corrected chi connectivity index (χ3v) is 3.04. The van der Waals surface area contributed by atoms with Crippen molar-refractivity contribution >= 4 is 11.9 Å². The zero-order valence-electron chi connectivity index (χ0n) is 11.5. The average molecular weight is 252 g/mol. The van der Waals surface area contributed by atoms with Crippen molar-refractivity contribution in [2.75, 3.05) is 7.11 Å². The zero-order valence-corrected chi connectivity index (χ0v) is 11.5. The monoisotopic (exact) mass is 252 g/mol. The lowest BCUT2D eigenvalue weighted by Gasteiger charge is -2.10. The van der Waals surface area contributed by atoms with Gasteiger partial charge in [0.1, 0.15) is 5.69 Å². The van der Waals surface area contributed by atoms with Crippen LogP contribution in [0.5, 0.6) is 0 Å². The molecule has 100 valence electrons.